The molecule has 0 aliphatic carbocycles. The number of amides is 2. The average Bonchev–Trinajstić information content (AvgIpc) is 3.11. The van der Waals surface area contributed by atoms with E-state index in [4.69, 9.17) is 0 Å². The molecular weight excluding hydrogens is 362 g/mol. The molecule has 2 amide bonds. The van der Waals surface area contributed by atoms with Crippen molar-refractivity contribution in [3.63, 3.8) is 0 Å². The van der Waals surface area contributed by atoms with Gasteiger partial charge in [0, 0.05) is 38.4 Å². The first-order chi connectivity index (χ1) is 13.9. The van der Waals surface area contributed by atoms with Gasteiger partial charge in [-0.1, -0.05) is 50.1 Å². The molecule has 0 spiro atoms. The lowest BCUT2D eigenvalue weighted by Crippen LogP contribution is -2.42. The summed E-state index contributed by atoms with van der Waals surface area (Å²) in [5.74, 6) is -0.0242. The first kappa shape index (κ1) is 22.7. The molecule has 1 heterocycles. The van der Waals surface area contributed by atoms with Crippen LogP contribution in [-0.2, 0) is 22.7 Å². The number of nitrogens with zero attached hydrogens (tertiary/aromatic N) is 3. The Kier molecular flexibility index (Phi) is 8.97. The monoisotopic (exact) mass is 397 g/mol. The minimum absolute atomic E-state index is 0.0189. The van der Waals surface area contributed by atoms with E-state index in [0.29, 0.717) is 19.6 Å². The zero-order valence-electron chi connectivity index (χ0n) is 18.4. The van der Waals surface area contributed by atoms with Crippen LogP contribution in [0.3, 0.4) is 0 Å². The molecule has 0 N–H and O–H groups in total. The maximum atomic E-state index is 13.0. The molecule has 29 heavy (non-hydrogen) atoms. The minimum Gasteiger partial charge on any atom is -0.345 e. The normalized spacial score (nSPS) is 10.8. The Morgan fingerprint density at radius 3 is 2.45 bits per heavy atom. The minimum atomic E-state index is -0.0431. The lowest BCUT2D eigenvalue weighted by atomic mass is 10.1. The van der Waals surface area contributed by atoms with Crippen molar-refractivity contribution in [2.75, 3.05) is 19.6 Å². The van der Waals surface area contributed by atoms with E-state index in [2.05, 4.69) is 54.9 Å². The van der Waals surface area contributed by atoms with Crippen LogP contribution < -0.4 is 0 Å². The van der Waals surface area contributed by atoms with Gasteiger partial charge in [0.1, 0.15) is 0 Å². The summed E-state index contributed by atoms with van der Waals surface area (Å²) in [6.45, 7) is 10.6. The summed E-state index contributed by atoms with van der Waals surface area (Å²) in [6, 6.07) is 12.6. The van der Waals surface area contributed by atoms with Gasteiger partial charge < -0.3 is 14.4 Å². The summed E-state index contributed by atoms with van der Waals surface area (Å²) in [4.78, 5) is 28.4. The summed E-state index contributed by atoms with van der Waals surface area (Å²) >= 11 is 0. The predicted molar refractivity (Wildman–Crippen MR) is 118 cm³/mol. The summed E-state index contributed by atoms with van der Waals surface area (Å²) in [5.41, 5.74) is 3.61. The fourth-order valence-corrected chi connectivity index (χ4v) is 3.47. The molecule has 1 aromatic heterocycles. The van der Waals surface area contributed by atoms with E-state index >= 15 is 0 Å². The molecule has 0 radical (unpaired) electrons. The standard InChI is InChI=1S/C24H35N3O2/c1-5-7-14-27(24(29)19-25(13-6-2)21(4)28)18-23-12-9-15-26(23)17-22-11-8-10-20(3)16-22/h8-12,15-16H,5-7,13-14,17-19H2,1-4H3. The molecule has 2 rings (SSSR count). The number of rotatable bonds is 11. The van der Waals surface area contributed by atoms with Crippen molar-refractivity contribution >= 4 is 11.8 Å². The zero-order valence-corrected chi connectivity index (χ0v) is 18.4. The smallest absolute Gasteiger partial charge is 0.242 e. The third-order valence-corrected chi connectivity index (χ3v) is 5.11. The van der Waals surface area contributed by atoms with Crippen LogP contribution in [0.5, 0.6) is 0 Å². The van der Waals surface area contributed by atoms with Gasteiger partial charge in [0.05, 0.1) is 13.1 Å². The number of carbonyl (C=O) groups excluding carboxylic acids is 2. The van der Waals surface area contributed by atoms with Crippen LogP contribution in [0.4, 0.5) is 0 Å². The Bertz CT molecular complexity index is 797. The molecule has 0 bridgehead atoms. The van der Waals surface area contributed by atoms with Crippen LogP contribution in [-0.4, -0.2) is 45.8 Å². The maximum Gasteiger partial charge on any atom is 0.242 e. The summed E-state index contributed by atoms with van der Waals surface area (Å²) < 4.78 is 2.20. The Balaban J connectivity index is 2.12. The van der Waals surface area contributed by atoms with Gasteiger partial charge in [0.15, 0.2) is 0 Å². The largest absolute Gasteiger partial charge is 0.345 e. The van der Waals surface area contributed by atoms with Gasteiger partial charge in [-0.3, -0.25) is 9.59 Å². The van der Waals surface area contributed by atoms with E-state index in [-0.39, 0.29) is 18.4 Å². The molecule has 5 nitrogen and oxygen atoms in total. The van der Waals surface area contributed by atoms with E-state index in [0.717, 1.165) is 31.5 Å². The highest BCUT2D eigenvalue weighted by molar-refractivity contribution is 5.83. The summed E-state index contributed by atoms with van der Waals surface area (Å²) in [5, 5.41) is 0. The predicted octanol–water partition coefficient (Wildman–Crippen LogP) is 4.23. The van der Waals surface area contributed by atoms with E-state index in [1.165, 1.54) is 18.1 Å². The van der Waals surface area contributed by atoms with Crippen LogP contribution in [0.2, 0.25) is 0 Å². The molecule has 158 valence electrons. The Labute approximate surface area is 175 Å². The molecule has 1 aromatic carbocycles. The van der Waals surface area contributed by atoms with Crippen molar-refractivity contribution in [2.45, 2.75) is 60.0 Å². The van der Waals surface area contributed by atoms with Gasteiger partial charge >= 0.3 is 0 Å². The SMILES string of the molecule is CCCCN(Cc1cccn1Cc1cccc(C)c1)C(=O)CN(CCC)C(C)=O. The molecule has 5 heteroatoms. The third kappa shape index (κ3) is 7.08. The number of hydrogen-bond acceptors (Lipinski definition) is 2. The molecule has 0 unspecified atom stereocenters. The van der Waals surface area contributed by atoms with E-state index in [1.54, 1.807) is 4.90 Å². The quantitative estimate of drug-likeness (QED) is 0.569. The van der Waals surface area contributed by atoms with Crippen molar-refractivity contribution in [3.8, 4) is 0 Å². The van der Waals surface area contributed by atoms with Crippen molar-refractivity contribution in [2.24, 2.45) is 0 Å². The number of unbranched alkanes of at least 4 members (excludes halogenated alkanes) is 1. The number of aromatic nitrogens is 1. The second kappa shape index (κ2) is 11.4. The highest BCUT2D eigenvalue weighted by atomic mass is 16.2. The molecule has 2 aromatic rings. The summed E-state index contributed by atoms with van der Waals surface area (Å²) in [7, 11) is 0. The zero-order chi connectivity index (χ0) is 21.2. The molecule has 0 aliphatic heterocycles. The second-order valence-electron chi connectivity index (χ2n) is 7.73. The van der Waals surface area contributed by atoms with Gasteiger partial charge in [-0.15, -0.1) is 0 Å². The maximum absolute atomic E-state index is 13.0. The number of hydrogen-bond donors (Lipinski definition) is 0. The lowest BCUT2D eigenvalue weighted by Gasteiger charge is -2.27. The Morgan fingerprint density at radius 1 is 1.00 bits per heavy atom. The fourth-order valence-electron chi connectivity index (χ4n) is 3.47. The first-order valence-electron chi connectivity index (χ1n) is 10.7. The lowest BCUT2D eigenvalue weighted by molar-refractivity contribution is -0.140. The Morgan fingerprint density at radius 2 is 1.79 bits per heavy atom. The van der Waals surface area contributed by atoms with Gasteiger partial charge in [0.25, 0.3) is 0 Å². The topological polar surface area (TPSA) is 45.6 Å². The Hall–Kier alpha value is -2.56. The van der Waals surface area contributed by atoms with Gasteiger partial charge in [0.2, 0.25) is 11.8 Å². The summed E-state index contributed by atoms with van der Waals surface area (Å²) in [6.07, 6.45) is 4.90. The molecular formula is C24H35N3O2. The van der Waals surface area contributed by atoms with E-state index in [9.17, 15) is 9.59 Å². The third-order valence-electron chi connectivity index (χ3n) is 5.11. The van der Waals surface area contributed by atoms with Crippen molar-refractivity contribution in [1.29, 1.82) is 0 Å². The average molecular weight is 398 g/mol. The molecule has 0 saturated heterocycles. The molecule has 0 atom stereocenters. The second-order valence-corrected chi connectivity index (χ2v) is 7.73. The van der Waals surface area contributed by atoms with Crippen LogP contribution >= 0.6 is 0 Å². The number of aryl methyl sites for hydroxylation is 1. The first-order valence-corrected chi connectivity index (χ1v) is 10.7. The van der Waals surface area contributed by atoms with Crippen LogP contribution in [0.1, 0.15) is 56.9 Å². The fraction of sp³-hybridized carbons (Fsp3) is 0.500. The highest BCUT2D eigenvalue weighted by Crippen LogP contribution is 2.13. The van der Waals surface area contributed by atoms with Crippen LogP contribution in [0.25, 0.3) is 0 Å². The van der Waals surface area contributed by atoms with Crippen molar-refractivity contribution in [1.82, 2.24) is 14.4 Å². The number of carbonyl (C=O) groups is 2. The van der Waals surface area contributed by atoms with Crippen molar-refractivity contribution < 1.29 is 9.59 Å². The van der Waals surface area contributed by atoms with Crippen molar-refractivity contribution in [3.05, 3.63) is 59.4 Å². The van der Waals surface area contributed by atoms with Gasteiger partial charge in [-0.05, 0) is 37.5 Å². The van der Waals surface area contributed by atoms with Gasteiger partial charge in [-0.25, -0.2) is 0 Å². The van der Waals surface area contributed by atoms with Crippen LogP contribution in [0.15, 0.2) is 42.6 Å². The molecule has 0 fully saturated rings. The van der Waals surface area contributed by atoms with E-state index < -0.39 is 0 Å². The molecule has 0 saturated carbocycles. The van der Waals surface area contributed by atoms with Crippen LogP contribution in [0, 0.1) is 6.92 Å². The van der Waals surface area contributed by atoms with Gasteiger partial charge in [-0.2, -0.15) is 0 Å². The van der Waals surface area contributed by atoms with E-state index in [1.807, 2.05) is 17.9 Å². The molecule has 0 aliphatic rings. The number of benzene rings is 1. The highest BCUT2D eigenvalue weighted by Gasteiger charge is 2.19.